The van der Waals surface area contributed by atoms with Crippen LogP contribution in [0.3, 0.4) is 0 Å². The molecule has 0 spiro atoms. The summed E-state index contributed by atoms with van der Waals surface area (Å²) in [5.41, 5.74) is 4.46. The predicted molar refractivity (Wildman–Crippen MR) is 152 cm³/mol. The van der Waals surface area contributed by atoms with Crippen LogP contribution in [0.4, 0.5) is 0 Å². The standard InChI is InChI=1S/C32H32N6O2/c33-19-25-11-13-27(14-12-25)22-37-24-34-20-29(37)15-16-35-31(39)30-23-36(21-26-7-3-1-4-8-26)17-18-38(30)32(40)28-9-5-2-6-10-28/h1-14,20,24,30H,15-18,21-23H2,(H,35,39)/t30-/m1/s1. The van der Waals surface area contributed by atoms with Gasteiger partial charge in [0.15, 0.2) is 0 Å². The van der Waals surface area contributed by atoms with Crippen molar-refractivity contribution in [2.24, 2.45) is 0 Å². The molecule has 0 bridgehead atoms. The van der Waals surface area contributed by atoms with Gasteiger partial charge in [0.25, 0.3) is 5.91 Å². The molecule has 1 aromatic heterocycles. The molecule has 1 fully saturated rings. The van der Waals surface area contributed by atoms with Gasteiger partial charge >= 0.3 is 0 Å². The predicted octanol–water partition coefficient (Wildman–Crippen LogP) is 3.49. The molecule has 8 heteroatoms. The van der Waals surface area contributed by atoms with Gasteiger partial charge in [-0.15, -0.1) is 0 Å². The lowest BCUT2D eigenvalue weighted by Gasteiger charge is -2.40. The number of hydrogen-bond donors (Lipinski definition) is 1. The van der Waals surface area contributed by atoms with Crippen molar-refractivity contribution in [3.05, 3.63) is 125 Å². The minimum Gasteiger partial charge on any atom is -0.354 e. The number of amides is 2. The average Bonchev–Trinajstić information content (AvgIpc) is 3.44. The van der Waals surface area contributed by atoms with Crippen LogP contribution in [-0.4, -0.2) is 63.4 Å². The van der Waals surface area contributed by atoms with Gasteiger partial charge in [-0.3, -0.25) is 14.5 Å². The fourth-order valence-corrected chi connectivity index (χ4v) is 5.05. The number of nitrogens with one attached hydrogen (secondary N) is 1. The zero-order valence-corrected chi connectivity index (χ0v) is 22.3. The van der Waals surface area contributed by atoms with Gasteiger partial charge in [0.2, 0.25) is 5.91 Å². The van der Waals surface area contributed by atoms with E-state index < -0.39 is 6.04 Å². The third-order valence-electron chi connectivity index (χ3n) is 7.21. The van der Waals surface area contributed by atoms with Gasteiger partial charge in [0.05, 0.1) is 18.0 Å². The summed E-state index contributed by atoms with van der Waals surface area (Å²) in [6.07, 6.45) is 4.19. The summed E-state index contributed by atoms with van der Waals surface area (Å²) in [6, 6.07) is 28.4. The first kappa shape index (κ1) is 26.9. The first-order valence-corrected chi connectivity index (χ1v) is 13.5. The average molecular weight is 533 g/mol. The number of nitriles is 1. The lowest BCUT2D eigenvalue weighted by Crippen LogP contribution is -2.60. The van der Waals surface area contributed by atoms with Crippen molar-refractivity contribution < 1.29 is 9.59 Å². The number of piperazine rings is 1. The summed E-state index contributed by atoms with van der Waals surface area (Å²) >= 11 is 0. The lowest BCUT2D eigenvalue weighted by molar-refractivity contribution is -0.127. The summed E-state index contributed by atoms with van der Waals surface area (Å²) in [5.74, 6) is -0.277. The summed E-state index contributed by atoms with van der Waals surface area (Å²) in [7, 11) is 0. The molecule has 0 aliphatic carbocycles. The molecule has 1 atom stereocenters. The van der Waals surface area contributed by atoms with Crippen LogP contribution in [0.5, 0.6) is 0 Å². The fourth-order valence-electron chi connectivity index (χ4n) is 5.05. The summed E-state index contributed by atoms with van der Waals surface area (Å²) < 4.78 is 2.04. The Hall–Kier alpha value is -4.74. The second-order valence-electron chi connectivity index (χ2n) is 9.96. The van der Waals surface area contributed by atoms with Gasteiger partial charge in [0, 0.05) is 63.1 Å². The van der Waals surface area contributed by atoms with Crippen molar-refractivity contribution in [3.8, 4) is 6.07 Å². The highest BCUT2D eigenvalue weighted by Gasteiger charge is 2.35. The molecule has 2 heterocycles. The van der Waals surface area contributed by atoms with Gasteiger partial charge in [0.1, 0.15) is 6.04 Å². The number of carbonyl (C=O) groups excluding carboxylic acids is 2. The van der Waals surface area contributed by atoms with E-state index in [0.717, 1.165) is 17.8 Å². The van der Waals surface area contributed by atoms with E-state index in [1.165, 1.54) is 5.56 Å². The topological polar surface area (TPSA) is 94.3 Å². The van der Waals surface area contributed by atoms with Crippen LogP contribution in [0.25, 0.3) is 0 Å². The Labute approximate surface area is 234 Å². The Bertz CT molecular complexity index is 1460. The molecule has 3 aromatic carbocycles. The van der Waals surface area contributed by atoms with E-state index >= 15 is 0 Å². The molecule has 8 nitrogen and oxygen atoms in total. The van der Waals surface area contributed by atoms with E-state index in [1.54, 1.807) is 35.5 Å². The minimum atomic E-state index is -0.589. The van der Waals surface area contributed by atoms with Crippen LogP contribution in [0.2, 0.25) is 0 Å². The van der Waals surface area contributed by atoms with Crippen molar-refractivity contribution in [2.75, 3.05) is 26.2 Å². The molecular formula is C32H32N6O2. The van der Waals surface area contributed by atoms with Gasteiger partial charge in [-0.1, -0.05) is 60.7 Å². The Morgan fingerprint density at radius 2 is 1.60 bits per heavy atom. The van der Waals surface area contributed by atoms with Crippen LogP contribution in [0, 0.1) is 11.3 Å². The Balaban J connectivity index is 1.23. The van der Waals surface area contributed by atoms with Crippen molar-refractivity contribution >= 4 is 11.8 Å². The summed E-state index contributed by atoms with van der Waals surface area (Å²) in [6.45, 7) is 3.44. The maximum atomic E-state index is 13.5. The van der Waals surface area contributed by atoms with Gasteiger partial charge in [-0.2, -0.15) is 5.26 Å². The second-order valence-corrected chi connectivity index (χ2v) is 9.96. The molecule has 202 valence electrons. The Kier molecular flexibility index (Phi) is 8.64. The normalized spacial score (nSPS) is 15.4. The van der Waals surface area contributed by atoms with E-state index in [2.05, 4.69) is 33.4 Å². The number of imidazole rings is 1. The summed E-state index contributed by atoms with van der Waals surface area (Å²) in [4.78, 5) is 35.2. The van der Waals surface area contributed by atoms with Gasteiger partial charge < -0.3 is 14.8 Å². The van der Waals surface area contributed by atoms with E-state index in [-0.39, 0.29) is 11.8 Å². The Morgan fingerprint density at radius 3 is 2.33 bits per heavy atom. The minimum absolute atomic E-state index is 0.124. The molecule has 4 aromatic rings. The molecule has 1 aliphatic heterocycles. The number of hydrogen-bond acceptors (Lipinski definition) is 5. The SMILES string of the molecule is N#Cc1ccc(Cn2cncc2CCNC(=O)[C@H]2CN(Cc3ccccc3)CCN2C(=O)c2ccccc2)cc1. The van der Waals surface area contributed by atoms with Crippen molar-refractivity contribution in [1.82, 2.24) is 24.7 Å². The summed E-state index contributed by atoms with van der Waals surface area (Å²) in [5, 5.41) is 12.1. The van der Waals surface area contributed by atoms with Gasteiger partial charge in [-0.05, 0) is 35.4 Å². The van der Waals surface area contributed by atoms with Crippen LogP contribution >= 0.6 is 0 Å². The molecule has 1 N–H and O–H groups in total. The smallest absolute Gasteiger partial charge is 0.254 e. The molecule has 1 aliphatic rings. The monoisotopic (exact) mass is 532 g/mol. The van der Waals surface area contributed by atoms with Crippen LogP contribution in [0.1, 0.15) is 32.7 Å². The van der Waals surface area contributed by atoms with Gasteiger partial charge in [-0.25, -0.2) is 4.98 Å². The second kappa shape index (κ2) is 12.9. The fraction of sp³-hybridized carbons (Fsp3) is 0.250. The number of nitrogens with zero attached hydrogens (tertiary/aromatic N) is 5. The quantitative estimate of drug-likeness (QED) is 0.356. The number of carbonyl (C=O) groups is 2. The molecule has 1 saturated heterocycles. The molecular weight excluding hydrogens is 500 g/mol. The van der Waals surface area contributed by atoms with Crippen molar-refractivity contribution in [2.45, 2.75) is 25.6 Å². The first-order chi connectivity index (χ1) is 19.6. The van der Waals surface area contributed by atoms with Crippen LogP contribution in [-0.2, 0) is 24.3 Å². The Morgan fingerprint density at radius 1 is 0.900 bits per heavy atom. The van der Waals surface area contributed by atoms with E-state index in [0.29, 0.717) is 50.3 Å². The van der Waals surface area contributed by atoms with E-state index in [4.69, 9.17) is 5.26 Å². The zero-order chi connectivity index (χ0) is 27.7. The lowest BCUT2D eigenvalue weighted by atomic mass is 10.1. The number of rotatable bonds is 9. The molecule has 5 rings (SSSR count). The molecule has 0 radical (unpaired) electrons. The molecule has 40 heavy (non-hydrogen) atoms. The van der Waals surface area contributed by atoms with E-state index in [1.807, 2.05) is 59.3 Å². The number of aromatic nitrogens is 2. The highest BCUT2D eigenvalue weighted by molar-refractivity contribution is 5.97. The van der Waals surface area contributed by atoms with Crippen molar-refractivity contribution in [1.29, 1.82) is 5.26 Å². The van der Waals surface area contributed by atoms with Crippen LogP contribution < -0.4 is 5.32 Å². The van der Waals surface area contributed by atoms with Crippen molar-refractivity contribution in [3.63, 3.8) is 0 Å². The van der Waals surface area contributed by atoms with E-state index in [9.17, 15) is 9.59 Å². The highest BCUT2D eigenvalue weighted by atomic mass is 16.2. The van der Waals surface area contributed by atoms with Crippen LogP contribution in [0.15, 0.2) is 97.5 Å². The third kappa shape index (κ3) is 6.63. The molecule has 0 unspecified atom stereocenters. The maximum Gasteiger partial charge on any atom is 0.254 e. The first-order valence-electron chi connectivity index (χ1n) is 13.5. The maximum absolute atomic E-state index is 13.5. The largest absolute Gasteiger partial charge is 0.354 e. The number of benzene rings is 3. The molecule has 0 saturated carbocycles. The molecule has 2 amide bonds. The third-order valence-corrected chi connectivity index (χ3v) is 7.21. The zero-order valence-electron chi connectivity index (χ0n) is 22.3. The highest BCUT2D eigenvalue weighted by Crippen LogP contribution is 2.17.